The Morgan fingerprint density at radius 3 is 0.667 bits per heavy atom. The van der Waals surface area contributed by atoms with Crippen molar-refractivity contribution in [2.75, 3.05) is 14.7 Å². The normalized spacial score (nSPS) is 11.1. The highest BCUT2D eigenvalue weighted by molar-refractivity contribution is 7.18. The molecule has 0 spiro atoms. The summed E-state index contributed by atoms with van der Waals surface area (Å²) in [6.45, 7) is 0. The van der Waals surface area contributed by atoms with E-state index in [1.807, 2.05) is 11.3 Å². The standard InChI is InChI=1S/C58H42N2S.C54H38N2/c1-5-13-43(14-6-1)45-21-31-53(32-22-45)60(54-33-23-46(24-34-54)44-15-7-2-8-16-44)55-37-27-48(28-38-55)47-25-35-52(36-26-47)59(51-19-11-4-12-20-51)56-39-29-50(30-40-56)58-42-41-57(61-58)49-17-9-3-10-18-49;1-4-12-39(13-5-1)42-24-31-48(32-25-42)55(49-33-26-43(27-34-49)40-14-6-2-7-15-40)50-35-28-44(29-36-50)41-20-22-45(23-21-41)46-30-37-54-52(38-46)51-18-10-11-19-53(51)56(54)47-16-8-3-9-17-47/h1-42H;1-38H. The number of thiophene rings is 1. The Labute approximate surface area is 688 Å². The number of nitrogens with zero attached hydrogens (tertiary/aromatic N) is 4. The zero-order valence-electron chi connectivity index (χ0n) is 64.4. The summed E-state index contributed by atoms with van der Waals surface area (Å²) in [6, 6.07) is 174. The van der Waals surface area contributed by atoms with Gasteiger partial charge in [-0.05, 0) is 241 Å². The second-order valence-corrected chi connectivity index (χ2v) is 30.3. The monoisotopic (exact) mass is 1510 g/mol. The second-order valence-electron chi connectivity index (χ2n) is 29.2. The van der Waals surface area contributed by atoms with Crippen LogP contribution in [0.15, 0.2) is 485 Å². The highest BCUT2D eigenvalue weighted by atomic mass is 32.1. The number of anilines is 9. The van der Waals surface area contributed by atoms with Crippen molar-refractivity contribution >= 4 is 84.3 Å². The average molecular weight is 1510 g/mol. The first-order valence-electron chi connectivity index (χ1n) is 39.8. The molecule has 2 heterocycles. The lowest BCUT2D eigenvalue weighted by Gasteiger charge is -2.26. The van der Waals surface area contributed by atoms with Gasteiger partial charge in [-0.15, -0.1) is 11.3 Å². The van der Waals surface area contributed by atoms with Crippen molar-refractivity contribution in [2.45, 2.75) is 0 Å². The minimum atomic E-state index is 1.10. The predicted octanol–water partition coefficient (Wildman–Crippen LogP) is 31.9. The van der Waals surface area contributed by atoms with E-state index in [0.29, 0.717) is 0 Å². The molecule has 4 nitrogen and oxygen atoms in total. The van der Waals surface area contributed by atoms with E-state index in [2.05, 4.69) is 505 Å². The summed E-state index contributed by atoms with van der Waals surface area (Å²) < 4.78 is 2.36. The Balaban J connectivity index is 0.000000156. The van der Waals surface area contributed by atoms with E-state index in [-0.39, 0.29) is 0 Å². The van der Waals surface area contributed by atoms with Crippen LogP contribution in [0.3, 0.4) is 0 Å². The van der Waals surface area contributed by atoms with Crippen LogP contribution < -0.4 is 14.7 Å². The average Bonchev–Trinajstić information content (AvgIpc) is 1.60. The van der Waals surface area contributed by atoms with E-state index < -0.39 is 0 Å². The van der Waals surface area contributed by atoms with Gasteiger partial charge >= 0.3 is 0 Å². The summed E-state index contributed by atoms with van der Waals surface area (Å²) in [7, 11) is 0. The Morgan fingerprint density at radius 2 is 0.350 bits per heavy atom. The maximum Gasteiger partial charge on any atom is 0.0541 e. The van der Waals surface area contributed by atoms with Gasteiger partial charge in [0.25, 0.3) is 0 Å². The first kappa shape index (κ1) is 72.1. The highest BCUT2D eigenvalue weighted by Gasteiger charge is 2.20. The third kappa shape index (κ3) is 15.5. The fourth-order valence-corrected chi connectivity index (χ4v) is 17.0. The summed E-state index contributed by atoms with van der Waals surface area (Å²) in [5.74, 6) is 0. The van der Waals surface area contributed by atoms with Crippen LogP contribution in [0.5, 0.6) is 0 Å². The smallest absolute Gasteiger partial charge is 0.0541 e. The van der Waals surface area contributed by atoms with Crippen molar-refractivity contribution in [3.63, 3.8) is 0 Å². The van der Waals surface area contributed by atoms with Gasteiger partial charge in [0.05, 0.1) is 11.0 Å². The molecule has 554 valence electrons. The first-order chi connectivity index (χ1) is 58.0. The summed E-state index contributed by atoms with van der Waals surface area (Å²) in [6.07, 6.45) is 0. The number of fused-ring (bicyclic) bond motifs is 3. The van der Waals surface area contributed by atoms with Gasteiger partial charge in [-0.1, -0.05) is 334 Å². The van der Waals surface area contributed by atoms with Crippen LogP contribution in [-0.2, 0) is 0 Å². The van der Waals surface area contributed by atoms with Gasteiger partial charge in [0, 0.05) is 77.4 Å². The minimum absolute atomic E-state index is 1.10. The molecule has 0 saturated heterocycles. The molecular formula is C112H80N4S. The first-order valence-corrected chi connectivity index (χ1v) is 40.7. The van der Waals surface area contributed by atoms with Crippen LogP contribution >= 0.6 is 11.3 Å². The molecule has 0 aliphatic carbocycles. The molecule has 0 amide bonds. The predicted molar refractivity (Wildman–Crippen MR) is 498 cm³/mol. The summed E-state index contributed by atoms with van der Waals surface area (Å²) >= 11 is 1.83. The molecule has 0 unspecified atom stereocenters. The molecule has 20 aromatic rings. The molecule has 0 aliphatic heterocycles. The van der Waals surface area contributed by atoms with Crippen LogP contribution in [0.4, 0.5) is 51.2 Å². The van der Waals surface area contributed by atoms with Gasteiger partial charge in [-0.3, -0.25) is 0 Å². The Bertz CT molecular complexity index is 6500. The number of benzene rings is 18. The fraction of sp³-hybridized carbons (Fsp3) is 0. The number of hydrogen-bond donors (Lipinski definition) is 0. The molecule has 117 heavy (non-hydrogen) atoms. The maximum atomic E-state index is 2.36. The summed E-state index contributed by atoms with van der Waals surface area (Å²) in [5.41, 5.74) is 32.8. The van der Waals surface area contributed by atoms with E-state index >= 15 is 0 Å². The van der Waals surface area contributed by atoms with Gasteiger partial charge in [0.1, 0.15) is 0 Å². The zero-order chi connectivity index (χ0) is 78.1. The molecule has 20 rings (SSSR count). The van der Waals surface area contributed by atoms with Gasteiger partial charge < -0.3 is 19.3 Å². The molecule has 0 aliphatic rings. The van der Waals surface area contributed by atoms with Crippen molar-refractivity contribution in [3.05, 3.63) is 485 Å². The van der Waals surface area contributed by atoms with Crippen LogP contribution in [-0.4, -0.2) is 4.57 Å². The largest absolute Gasteiger partial charge is 0.311 e. The molecule has 0 fully saturated rings. The molecule has 2 aromatic heterocycles. The molecule has 0 radical (unpaired) electrons. The molecular weight excluding hydrogens is 1430 g/mol. The lowest BCUT2D eigenvalue weighted by Crippen LogP contribution is -2.10. The van der Waals surface area contributed by atoms with Crippen molar-refractivity contribution in [1.82, 2.24) is 4.57 Å². The molecule has 0 bridgehead atoms. The van der Waals surface area contributed by atoms with Crippen molar-refractivity contribution in [3.8, 4) is 104 Å². The Morgan fingerprint density at radius 1 is 0.145 bits per heavy atom. The van der Waals surface area contributed by atoms with Crippen molar-refractivity contribution in [1.29, 1.82) is 0 Å². The van der Waals surface area contributed by atoms with Crippen LogP contribution in [0, 0.1) is 0 Å². The van der Waals surface area contributed by atoms with Crippen LogP contribution in [0.2, 0.25) is 0 Å². The van der Waals surface area contributed by atoms with E-state index in [9.17, 15) is 0 Å². The third-order valence-electron chi connectivity index (χ3n) is 22.0. The number of hydrogen-bond acceptors (Lipinski definition) is 4. The highest BCUT2D eigenvalue weighted by Crippen LogP contribution is 2.44. The van der Waals surface area contributed by atoms with Gasteiger partial charge in [-0.25, -0.2) is 0 Å². The van der Waals surface area contributed by atoms with Gasteiger partial charge in [0.2, 0.25) is 0 Å². The second kappa shape index (κ2) is 33.3. The fourth-order valence-electron chi connectivity index (χ4n) is 15.9. The summed E-state index contributed by atoms with van der Waals surface area (Å²) in [4.78, 5) is 9.53. The topological polar surface area (TPSA) is 14.7 Å². The van der Waals surface area contributed by atoms with Crippen molar-refractivity contribution < 1.29 is 0 Å². The molecule has 0 N–H and O–H groups in total. The number of rotatable bonds is 19. The number of aromatic nitrogens is 1. The Kier molecular flexibility index (Phi) is 20.5. The third-order valence-corrected chi connectivity index (χ3v) is 23.2. The lowest BCUT2D eigenvalue weighted by molar-refractivity contribution is 1.18. The molecule has 5 heteroatoms. The lowest BCUT2D eigenvalue weighted by atomic mass is 9.98. The molecule has 0 atom stereocenters. The van der Waals surface area contributed by atoms with Gasteiger partial charge in [-0.2, -0.15) is 0 Å². The maximum absolute atomic E-state index is 2.36. The van der Waals surface area contributed by atoms with Crippen LogP contribution in [0.25, 0.3) is 126 Å². The van der Waals surface area contributed by atoms with E-state index in [0.717, 1.165) is 62.3 Å². The van der Waals surface area contributed by atoms with Crippen molar-refractivity contribution in [2.24, 2.45) is 0 Å². The zero-order valence-corrected chi connectivity index (χ0v) is 65.2. The SMILES string of the molecule is c1ccc(-c2ccc(N(c3ccc(-c4ccccc4)cc3)c3ccc(-c4ccc(-c5ccc6c(c5)c5ccccc5n6-c5ccccc5)cc4)cc3)cc2)cc1.c1ccc(-c2ccc(N(c3ccc(-c4ccccc4)cc3)c3ccc(-c4ccc(N(c5ccccc5)c5ccc(-c6ccc(-c7ccccc7)s6)cc5)cc4)cc3)cc2)cc1. The number of para-hydroxylation sites is 3. The molecule has 18 aromatic carbocycles. The van der Waals surface area contributed by atoms with E-state index in [1.165, 1.54) is 115 Å². The van der Waals surface area contributed by atoms with E-state index in [4.69, 9.17) is 0 Å². The molecule has 0 saturated carbocycles. The Hall–Kier alpha value is -15.1. The quantitative estimate of drug-likeness (QED) is 0.0802. The van der Waals surface area contributed by atoms with Gasteiger partial charge in [0.15, 0.2) is 0 Å². The summed E-state index contributed by atoms with van der Waals surface area (Å²) in [5, 5.41) is 2.52. The minimum Gasteiger partial charge on any atom is -0.311 e. The van der Waals surface area contributed by atoms with E-state index in [1.54, 1.807) is 0 Å². The van der Waals surface area contributed by atoms with Crippen LogP contribution in [0.1, 0.15) is 0 Å².